The summed E-state index contributed by atoms with van der Waals surface area (Å²) >= 11 is 0. The minimum absolute atomic E-state index is 0.0577. The second-order valence-corrected chi connectivity index (χ2v) is 5.05. The second-order valence-electron chi connectivity index (χ2n) is 5.05. The highest BCUT2D eigenvalue weighted by Crippen LogP contribution is 2.30. The Morgan fingerprint density at radius 2 is 2.05 bits per heavy atom. The summed E-state index contributed by atoms with van der Waals surface area (Å²) in [6.07, 6.45) is 4.37. The lowest BCUT2D eigenvalue weighted by Crippen LogP contribution is -2.45. The lowest BCUT2D eigenvalue weighted by Gasteiger charge is -2.28. The van der Waals surface area contributed by atoms with Crippen LogP contribution in [0.2, 0.25) is 0 Å². The fraction of sp³-hybridized carbons (Fsp3) is 0.533. The number of para-hydroxylation sites is 1. The zero-order valence-corrected chi connectivity index (χ0v) is 11.1. The van der Waals surface area contributed by atoms with E-state index in [4.69, 9.17) is 10.00 Å². The number of nitrogens with zero attached hydrogens (tertiary/aromatic N) is 1. The van der Waals surface area contributed by atoms with Gasteiger partial charge in [0.2, 0.25) is 0 Å². The highest BCUT2D eigenvalue weighted by Gasteiger charge is 2.32. The Bertz CT molecular complexity index is 448. The van der Waals surface area contributed by atoms with E-state index in [0.717, 1.165) is 24.2 Å². The first-order chi connectivity index (χ1) is 9.29. The van der Waals surface area contributed by atoms with Crippen LogP contribution in [0, 0.1) is 11.3 Å². The molecule has 0 bridgehead atoms. The van der Waals surface area contributed by atoms with Crippen molar-refractivity contribution in [2.45, 2.75) is 37.8 Å². The van der Waals surface area contributed by atoms with Gasteiger partial charge in [0.25, 0.3) is 0 Å². The summed E-state index contributed by atoms with van der Waals surface area (Å²) in [5.74, 6) is 0.739. The summed E-state index contributed by atoms with van der Waals surface area (Å²) in [6, 6.07) is 9.68. The predicted octanol–water partition coefficient (Wildman–Crippen LogP) is 1.98. The summed E-state index contributed by atoms with van der Waals surface area (Å²) in [6.45, 7) is 0.887. The van der Waals surface area contributed by atoms with Gasteiger partial charge in [-0.05, 0) is 18.9 Å². The molecule has 1 aromatic rings. The minimum atomic E-state index is -0.137. The Hall–Kier alpha value is -1.57. The maximum absolute atomic E-state index is 9.57. The SMILES string of the molecule is N#CCOc1ccccc1CNC1(CO)CCCC1. The van der Waals surface area contributed by atoms with Crippen molar-refractivity contribution < 1.29 is 9.84 Å². The second kappa shape index (κ2) is 6.55. The third kappa shape index (κ3) is 3.46. The molecule has 4 heteroatoms. The first kappa shape index (κ1) is 13.9. The van der Waals surface area contributed by atoms with Crippen LogP contribution in [-0.4, -0.2) is 23.9 Å². The zero-order valence-electron chi connectivity index (χ0n) is 11.1. The van der Waals surface area contributed by atoms with Crippen LogP contribution in [0.3, 0.4) is 0 Å². The standard InChI is InChI=1S/C15H20N2O2/c16-9-10-19-14-6-2-1-5-13(14)11-17-15(12-18)7-3-4-8-15/h1-2,5-6,17-18H,3-4,7-8,10-12H2. The van der Waals surface area contributed by atoms with Gasteiger partial charge >= 0.3 is 0 Å². The average Bonchev–Trinajstić information content (AvgIpc) is 2.93. The smallest absolute Gasteiger partial charge is 0.174 e. The molecule has 1 saturated carbocycles. The molecule has 0 radical (unpaired) electrons. The average molecular weight is 260 g/mol. The lowest BCUT2D eigenvalue weighted by molar-refractivity contribution is 0.162. The van der Waals surface area contributed by atoms with Gasteiger partial charge in [-0.25, -0.2) is 0 Å². The molecule has 1 aromatic carbocycles. The Morgan fingerprint density at radius 3 is 2.74 bits per heavy atom. The third-order valence-electron chi connectivity index (χ3n) is 3.78. The molecule has 2 N–H and O–H groups in total. The summed E-state index contributed by atoms with van der Waals surface area (Å²) < 4.78 is 5.40. The molecular weight excluding hydrogens is 240 g/mol. The van der Waals surface area contributed by atoms with Crippen LogP contribution in [0.4, 0.5) is 0 Å². The number of nitrogens with one attached hydrogen (secondary N) is 1. The Morgan fingerprint density at radius 1 is 1.32 bits per heavy atom. The molecule has 0 unspecified atom stereocenters. The van der Waals surface area contributed by atoms with Gasteiger partial charge in [0.15, 0.2) is 6.61 Å². The van der Waals surface area contributed by atoms with Gasteiger partial charge in [0.05, 0.1) is 6.61 Å². The monoisotopic (exact) mass is 260 g/mol. The number of nitriles is 1. The van der Waals surface area contributed by atoms with Gasteiger partial charge in [0, 0.05) is 17.6 Å². The van der Waals surface area contributed by atoms with E-state index >= 15 is 0 Å². The molecule has 0 aromatic heterocycles. The van der Waals surface area contributed by atoms with E-state index in [2.05, 4.69) is 5.32 Å². The number of benzene rings is 1. The molecular formula is C15H20N2O2. The molecule has 0 atom stereocenters. The molecule has 0 amide bonds. The number of aliphatic hydroxyl groups excluding tert-OH is 1. The fourth-order valence-electron chi connectivity index (χ4n) is 2.63. The van der Waals surface area contributed by atoms with E-state index in [1.54, 1.807) is 0 Å². The van der Waals surface area contributed by atoms with E-state index < -0.39 is 0 Å². The molecule has 1 fully saturated rings. The van der Waals surface area contributed by atoms with Crippen LogP contribution in [0.1, 0.15) is 31.2 Å². The van der Waals surface area contributed by atoms with Crippen molar-refractivity contribution in [3.05, 3.63) is 29.8 Å². The lowest BCUT2D eigenvalue weighted by atomic mass is 9.98. The molecule has 0 saturated heterocycles. The molecule has 1 aliphatic rings. The van der Waals surface area contributed by atoms with Crippen LogP contribution < -0.4 is 10.1 Å². The van der Waals surface area contributed by atoms with Crippen molar-refractivity contribution in [1.29, 1.82) is 5.26 Å². The van der Waals surface area contributed by atoms with Crippen molar-refractivity contribution in [2.24, 2.45) is 0 Å². The fourth-order valence-corrected chi connectivity index (χ4v) is 2.63. The number of aliphatic hydroxyl groups is 1. The summed E-state index contributed by atoms with van der Waals surface area (Å²) in [4.78, 5) is 0. The van der Waals surface area contributed by atoms with Gasteiger partial charge in [-0.3, -0.25) is 0 Å². The Kier molecular flexibility index (Phi) is 4.78. The molecule has 1 aliphatic carbocycles. The van der Waals surface area contributed by atoms with Crippen molar-refractivity contribution >= 4 is 0 Å². The molecule has 2 rings (SSSR count). The topological polar surface area (TPSA) is 65.3 Å². The van der Waals surface area contributed by atoms with Gasteiger partial charge in [0.1, 0.15) is 11.8 Å². The van der Waals surface area contributed by atoms with E-state index in [1.165, 1.54) is 12.8 Å². The van der Waals surface area contributed by atoms with E-state index in [1.807, 2.05) is 30.3 Å². The largest absolute Gasteiger partial charge is 0.478 e. The number of hydrogen-bond donors (Lipinski definition) is 2. The van der Waals surface area contributed by atoms with E-state index in [-0.39, 0.29) is 18.8 Å². The molecule has 4 nitrogen and oxygen atoms in total. The van der Waals surface area contributed by atoms with Crippen LogP contribution in [0.15, 0.2) is 24.3 Å². The maximum Gasteiger partial charge on any atom is 0.174 e. The van der Waals surface area contributed by atoms with E-state index in [9.17, 15) is 5.11 Å². The normalized spacial score (nSPS) is 17.1. The Labute approximate surface area is 114 Å². The summed E-state index contributed by atoms with van der Waals surface area (Å²) in [5, 5.41) is 21.6. The molecule has 102 valence electrons. The van der Waals surface area contributed by atoms with Crippen LogP contribution >= 0.6 is 0 Å². The minimum Gasteiger partial charge on any atom is -0.478 e. The van der Waals surface area contributed by atoms with Crippen LogP contribution in [-0.2, 0) is 6.54 Å². The molecule has 0 aliphatic heterocycles. The number of ether oxygens (including phenoxy) is 1. The number of rotatable bonds is 6. The van der Waals surface area contributed by atoms with Crippen molar-refractivity contribution in [3.63, 3.8) is 0 Å². The predicted molar refractivity (Wildman–Crippen MR) is 72.7 cm³/mol. The Balaban J connectivity index is 2.00. The summed E-state index contributed by atoms with van der Waals surface area (Å²) in [7, 11) is 0. The maximum atomic E-state index is 9.57. The zero-order chi connectivity index (χ0) is 13.6. The number of hydrogen-bond acceptors (Lipinski definition) is 4. The third-order valence-corrected chi connectivity index (χ3v) is 3.78. The quantitative estimate of drug-likeness (QED) is 0.821. The van der Waals surface area contributed by atoms with Crippen molar-refractivity contribution in [3.8, 4) is 11.8 Å². The van der Waals surface area contributed by atoms with Gasteiger partial charge in [-0.2, -0.15) is 5.26 Å². The highest BCUT2D eigenvalue weighted by molar-refractivity contribution is 5.33. The van der Waals surface area contributed by atoms with Crippen molar-refractivity contribution in [1.82, 2.24) is 5.32 Å². The first-order valence-electron chi connectivity index (χ1n) is 6.73. The van der Waals surface area contributed by atoms with Crippen LogP contribution in [0.5, 0.6) is 5.75 Å². The summed E-state index contributed by atoms with van der Waals surface area (Å²) in [5.41, 5.74) is 0.889. The first-order valence-corrected chi connectivity index (χ1v) is 6.73. The van der Waals surface area contributed by atoms with Gasteiger partial charge < -0.3 is 15.2 Å². The van der Waals surface area contributed by atoms with E-state index in [0.29, 0.717) is 6.54 Å². The highest BCUT2D eigenvalue weighted by atomic mass is 16.5. The van der Waals surface area contributed by atoms with Gasteiger partial charge in [-0.15, -0.1) is 0 Å². The van der Waals surface area contributed by atoms with Crippen molar-refractivity contribution in [2.75, 3.05) is 13.2 Å². The molecule has 0 spiro atoms. The van der Waals surface area contributed by atoms with Gasteiger partial charge in [-0.1, -0.05) is 31.0 Å². The molecule has 0 heterocycles. The van der Waals surface area contributed by atoms with Crippen LogP contribution in [0.25, 0.3) is 0 Å². The molecule has 19 heavy (non-hydrogen) atoms.